The third-order valence-corrected chi connectivity index (χ3v) is 5.45. The molecule has 0 saturated heterocycles. The number of carbonyl (C=O) groups excluding carboxylic acids is 2. The van der Waals surface area contributed by atoms with Crippen molar-refractivity contribution in [3.63, 3.8) is 0 Å². The van der Waals surface area contributed by atoms with Crippen LogP contribution in [0.4, 0.5) is 5.69 Å². The van der Waals surface area contributed by atoms with Crippen LogP contribution in [0.1, 0.15) is 11.1 Å². The predicted octanol–water partition coefficient (Wildman–Crippen LogP) is 5.39. The van der Waals surface area contributed by atoms with Gasteiger partial charge in [0.25, 0.3) is 11.8 Å². The molecule has 3 aromatic rings. The van der Waals surface area contributed by atoms with E-state index >= 15 is 0 Å². The molecule has 7 heteroatoms. The van der Waals surface area contributed by atoms with Crippen LogP contribution in [0, 0.1) is 0 Å². The number of rotatable bonds is 6. The number of nitrogens with one attached hydrogen (secondary N) is 1. The summed E-state index contributed by atoms with van der Waals surface area (Å²) in [7, 11) is 1.53. The van der Waals surface area contributed by atoms with Crippen molar-refractivity contribution in [2.24, 2.45) is 0 Å². The molecule has 0 fully saturated rings. The minimum Gasteiger partial charge on any atom is -0.495 e. The number of methoxy groups -OCH3 is 1. The van der Waals surface area contributed by atoms with E-state index in [2.05, 4.69) is 5.32 Å². The first kappa shape index (κ1) is 21.0. The van der Waals surface area contributed by atoms with E-state index in [-0.39, 0.29) is 18.1 Å². The van der Waals surface area contributed by atoms with Crippen LogP contribution in [-0.2, 0) is 16.1 Å². The first-order valence-corrected chi connectivity index (χ1v) is 10.2. The van der Waals surface area contributed by atoms with Crippen LogP contribution in [0.25, 0.3) is 5.57 Å². The standard InChI is InChI=1S/C24H18Cl2N2O3/c1-31-20-12-11-18(13-19(20)26)27-22-21(16-5-3-2-4-6-16)23(29)28(24(22)30)14-15-7-9-17(25)10-8-15/h2-13,27H,14H2,1H3. The number of nitrogens with zero attached hydrogens (tertiary/aromatic N) is 1. The van der Waals surface area contributed by atoms with E-state index in [9.17, 15) is 9.59 Å². The Balaban J connectivity index is 1.71. The second-order valence-corrected chi connectivity index (χ2v) is 7.76. The van der Waals surface area contributed by atoms with Crippen molar-refractivity contribution >= 4 is 46.3 Å². The van der Waals surface area contributed by atoms with Gasteiger partial charge in [-0.15, -0.1) is 0 Å². The topological polar surface area (TPSA) is 58.6 Å². The van der Waals surface area contributed by atoms with Crippen molar-refractivity contribution in [3.8, 4) is 5.75 Å². The number of amides is 2. The molecule has 0 spiro atoms. The van der Waals surface area contributed by atoms with E-state index in [0.29, 0.717) is 32.6 Å². The fourth-order valence-corrected chi connectivity index (χ4v) is 3.75. The molecule has 1 aliphatic rings. The average molecular weight is 453 g/mol. The third kappa shape index (κ3) is 4.29. The van der Waals surface area contributed by atoms with Gasteiger partial charge < -0.3 is 10.1 Å². The van der Waals surface area contributed by atoms with Crippen LogP contribution >= 0.6 is 23.2 Å². The lowest BCUT2D eigenvalue weighted by atomic mass is 10.0. The second kappa shape index (κ2) is 8.84. The number of benzene rings is 3. The molecule has 0 aromatic heterocycles. The lowest BCUT2D eigenvalue weighted by Crippen LogP contribution is -2.32. The summed E-state index contributed by atoms with van der Waals surface area (Å²) in [6, 6.07) is 21.2. The van der Waals surface area contributed by atoms with Crippen molar-refractivity contribution in [2.75, 3.05) is 12.4 Å². The van der Waals surface area contributed by atoms with Crippen LogP contribution in [0.15, 0.2) is 78.5 Å². The summed E-state index contributed by atoms with van der Waals surface area (Å²) in [5.74, 6) is -0.262. The minimum atomic E-state index is -0.411. The zero-order chi connectivity index (χ0) is 22.0. The first-order chi connectivity index (χ1) is 15.0. The number of hydrogen-bond donors (Lipinski definition) is 1. The van der Waals surface area contributed by atoms with Crippen molar-refractivity contribution < 1.29 is 14.3 Å². The summed E-state index contributed by atoms with van der Waals surface area (Å²) < 4.78 is 5.18. The van der Waals surface area contributed by atoms with Crippen molar-refractivity contribution in [2.45, 2.75) is 6.54 Å². The fourth-order valence-electron chi connectivity index (χ4n) is 3.37. The lowest BCUT2D eigenvalue weighted by Gasteiger charge is -2.15. The number of anilines is 1. The average Bonchev–Trinajstić information content (AvgIpc) is 3.00. The maximum atomic E-state index is 13.3. The highest BCUT2D eigenvalue weighted by Gasteiger charge is 2.39. The molecule has 31 heavy (non-hydrogen) atoms. The van der Waals surface area contributed by atoms with Gasteiger partial charge in [-0.2, -0.15) is 0 Å². The van der Waals surface area contributed by atoms with Gasteiger partial charge in [-0.05, 0) is 41.5 Å². The van der Waals surface area contributed by atoms with Gasteiger partial charge in [-0.1, -0.05) is 65.7 Å². The molecule has 1 aliphatic heterocycles. The molecule has 0 radical (unpaired) electrons. The molecule has 3 aromatic carbocycles. The largest absolute Gasteiger partial charge is 0.495 e. The van der Waals surface area contributed by atoms with Gasteiger partial charge in [-0.25, -0.2) is 0 Å². The maximum Gasteiger partial charge on any atom is 0.278 e. The number of halogens is 2. The third-order valence-electron chi connectivity index (χ3n) is 4.91. The Bertz CT molecular complexity index is 1180. The quantitative estimate of drug-likeness (QED) is 0.509. The normalized spacial score (nSPS) is 13.7. The lowest BCUT2D eigenvalue weighted by molar-refractivity contribution is -0.137. The highest BCUT2D eigenvalue weighted by atomic mass is 35.5. The van der Waals surface area contributed by atoms with E-state index in [1.165, 1.54) is 12.0 Å². The van der Waals surface area contributed by atoms with Crippen molar-refractivity contribution in [1.29, 1.82) is 0 Å². The number of hydrogen-bond acceptors (Lipinski definition) is 4. The Morgan fingerprint density at radius 2 is 1.61 bits per heavy atom. The SMILES string of the molecule is COc1ccc(NC2=C(c3ccccc3)C(=O)N(Cc3ccc(Cl)cc3)C2=O)cc1Cl. The van der Waals surface area contributed by atoms with Gasteiger partial charge in [0, 0.05) is 10.7 Å². The second-order valence-electron chi connectivity index (χ2n) is 6.91. The first-order valence-electron chi connectivity index (χ1n) is 9.49. The van der Waals surface area contributed by atoms with E-state index in [1.807, 2.05) is 18.2 Å². The van der Waals surface area contributed by atoms with E-state index < -0.39 is 5.91 Å². The Morgan fingerprint density at radius 1 is 0.903 bits per heavy atom. The predicted molar refractivity (Wildman–Crippen MR) is 122 cm³/mol. The minimum absolute atomic E-state index is 0.139. The summed E-state index contributed by atoms with van der Waals surface area (Å²) >= 11 is 12.2. The molecule has 1 N–H and O–H groups in total. The molecular weight excluding hydrogens is 435 g/mol. The monoisotopic (exact) mass is 452 g/mol. The molecule has 0 saturated carbocycles. The highest BCUT2D eigenvalue weighted by Crippen LogP contribution is 2.33. The zero-order valence-electron chi connectivity index (χ0n) is 16.6. The summed E-state index contributed by atoms with van der Waals surface area (Å²) in [5, 5.41) is 4.07. The molecule has 156 valence electrons. The Labute approximate surface area is 189 Å². The van der Waals surface area contributed by atoms with E-state index in [0.717, 1.165) is 5.56 Å². The summed E-state index contributed by atoms with van der Waals surface area (Å²) in [4.78, 5) is 27.8. The number of ether oxygens (including phenoxy) is 1. The molecule has 0 atom stereocenters. The van der Waals surface area contributed by atoms with Crippen LogP contribution < -0.4 is 10.1 Å². The fraction of sp³-hybridized carbons (Fsp3) is 0.0833. The molecule has 4 rings (SSSR count). The van der Waals surface area contributed by atoms with Gasteiger partial charge in [-0.3, -0.25) is 14.5 Å². The van der Waals surface area contributed by atoms with Gasteiger partial charge in [0.2, 0.25) is 0 Å². The van der Waals surface area contributed by atoms with E-state index in [1.54, 1.807) is 54.6 Å². The van der Waals surface area contributed by atoms with Crippen molar-refractivity contribution in [3.05, 3.63) is 99.7 Å². The highest BCUT2D eigenvalue weighted by molar-refractivity contribution is 6.36. The summed E-state index contributed by atoms with van der Waals surface area (Å²) in [5.41, 5.74) is 2.54. The van der Waals surface area contributed by atoms with Gasteiger partial charge in [0.15, 0.2) is 0 Å². The molecule has 0 bridgehead atoms. The summed E-state index contributed by atoms with van der Waals surface area (Å²) in [6.45, 7) is 0.139. The molecule has 1 heterocycles. The van der Waals surface area contributed by atoms with Crippen LogP contribution in [0.2, 0.25) is 10.0 Å². The molecular formula is C24H18Cl2N2O3. The smallest absolute Gasteiger partial charge is 0.278 e. The van der Waals surface area contributed by atoms with Crippen molar-refractivity contribution in [1.82, 2.24) is 4.90 Å². The molecule has 0 aliphatic carbocycles. The van der Waals surface area contributed by atoms with E-state index in [4.69, 9.17) is 27.9 Å². The summed E-state index contributed by atoms with van der Waals surface area (Å²) in [6.07, 6.45) is 0. The van der Waals surface area contributed by atoms with Crippen LogP contribution in [-0.4, -0.2) is 23.8 Å². The van der Waals surface area contributed by atoms with Crippen LogP contribution in [0.5, 0.6) is 5.75 Å². The Hall–Kier alpha value is -3.28. The molecule has 0 unspecified atom stereocenters. The maximum absolute atomic E-state index is 13.3. The van der Waals surface area contributed by atoms with Gasteiger partial charge in [0.1, 0.15) is 11.4 Å². The van der Waals surface area contributed by atoms with Crippen LogP contribution in [0.3, 0.4) is 0 Å². The zero-order valence-corrected chi connectivity index (χ0v) is 18.1. The Morgan fingerprint density at radius 3 is 2.26 bits per heavy atom. The van der Waals surface area contributed by atoms with Gasteiger partial charge >= 0.3 is 0 Å². The Kier molecular flexibility index (Phi) is 5.98. The molecule has 2 amide bonds. The number of carbonyl (C=O) groups is 2. The molecule has 5 nitrogen and oxygen atoms in total. The van der Waals surface area contributed by atoms with Gasteiger partial charge in [0.05, 0.1) is 24.3 Å². The number of imide groups is 1.